The summed E-state index contributed by atoms with van der Waals surface area (Å²) in [5.74, 6) is 0.476. The van der Waals surface area contributed by atoms with E-state index in [2.05, 4.69) is 20.8 Å². The Kier molecular flexibility index (Phi) is 5.08. The van der Waals surface area contributed by atoms with Crippen LogP contribution in [0.15, 0.2) is 0 Å². The largest absolute Gasteiger partial charge is 0.203 e. The lowest BCUT2D eigenvalue weighted by molar-refractivity contribution is -0.567. The van der Waals surface area contributed by atoms with Crippen LogP contribution in [0.2, 0.25) is 0 Å². The van der Waals surface area contributed by atoms with Crippen molar-refractivity contribution in [3.63, 3.8) is 0 Å². The maximum atomic E-state index is 11.0. The lowest BCUT2D eigenvalue weighted by Gasteiger charge is -2.10. The van der Waals surface area contributed by atoms with E-state index in [1.165, 1.54) is 6.42 Å². The second-order valence-corrected chi connectivity index (χ2v) is 3.50. The summed E-state index contributed by atoms with van der Waals surface area (Å²) in [6.45, 7) is 6.37. The van der Waals surface area contributed by atoms with Crippen molar-refractivity contribution in [1.29, 1.82) is 0 Å². The molecule has 2 heteroatoms. The van der Waals surface area contributed by atoms with Crippen LogP contribution in [0.5, 0.6) is 0 Å². The molecule has 0 bridgehead atoms. The summed E-state index contributed by atoms with van der Waals surface area (Å²) in [5.41, 5.74) is 0. The van der Waals surface area contributed by atoms with E-state index in [1.54, 1.807) is 7.05 Å². The van der Waals surface area contributed by atoms with E-state index in [1.807, 2.05) is 0 Å². The fourth-order valence-electron chi connectivity index (χ4n) is 1.35. The highest BCUT2D eigenvalue weighted by molar-refractivity contribution is 4.59. The number of hydrogen-bond donors (Lipinski definition) is 0. The Morgan fingerprint density at radius 1 is 1.36 bits per heavy atom. The van der Waals surface area contributed by atoms with Crippen LogP contribution in [0.25, 0.3) is 0 Å². The molecule has 1 unspecified atom stereocenters. The molecule has 0 aromatic rings. The zero-order chi connectivity index (χ0) is 8.85. The molecule has 0 heterocycles. The summed E-state index contributed by atoms with van der Waals surface area (Å²) in [5, 5.41) is 0. The topological polar surface area (TPSA) is 20.1 Å². The van der Waals surface area contributed by atoms with E-state index in [9.17, 15) is 4.91 Å². The Labute approximate surface area is 69.6 Å². The van der Waals surface area contributed by atoms with E-state index in [0.717, 1.165) is 17.6 Å². The average molecular weight is 158 g/mol. The van der Waals surface area contributed by atoms with Crippen molar-refractivity contribution in [1.82, 2.24) is 0 Å². The summed E-state index contributed by atoms with van der Waals surface area (Å²) in [6.07, 6.45) is 3.38. The Morgan fingerprint density at radius 3 is 2.18 bits per heavy atom. The first-order valence-electron chi connectivity index (χ1n) is 4.49. The molecule has 0 aliphatic heterocycles. The zero-order valence-electron chi connectivity index (χ0n) is 8.13. The average Bonchev–Trinajstić information content (AvgIpc) is 1.87. The number of nitroso groups, excluding NO2 is 1. The van der Waals surface area contributed by atoms with Gasteiger partial charge >= 0.3 is 0 Å². The first-order valence-corrected chi connectivity index (χ1v) is 4.49. The number of rotatable bonds is 5. The molecule has 0 amide bonds. The second-order valence-electron chi connectivity index (χ2n) is 3.50. The SMILES string of the molecule is CCCCC(C(C)C)[N+](C)=O. The van der Waals surface area contributed by atoms with Gasteiger partial charge in [-0.15, -0.1) is 0 Å². The molecule has 0 N–H and O–H groups in total. The van der Waals surface area contributed by atoms with Crippen LogP contribution in [0.3, 0.4) is 0 Å². The van der Waals surface area contributed by atoms with E-state index in [0.29, 0.717) is 5.92 Å². The van der Waals surface area contributed by atoms with Crippen LogP contribution in [0.4, 0.5) is 0 Å². The van der Waals surface area contributed by atoms with Gasteiger partial charge in [-0.2, -0.15) is 0 Å². The molecule has 0 saturated carbocycles. The lowest BCUT2D eigenvalue weighted by atomic mass is 9.99. The Hall–Kier alpha value is -0.400. The molecular formula is C9H20NO+. The van der Waals surface area contributed by atoms with Crippen LogP contribution in [0.1, 0.15) is 40.0 Å². The molecule has 0 aromatic heterocycles. The molecule has 1 atom stereocenters. The Morgan fingerprint density at radius 2 is 1.91 bits per heavy atom. The molecule has 0 saturated heterocycles. The first kappa shape index (κ1) is 10.6. The third-order valence-corrected chi connectivity index (χ3v) is 2.09. The monoisotopic (exact) mass is 158 g/mol. The van der Waals surface area contributed by atoms with Gasteiger partial charge in [-0.05, 0) is 11.2 Å². The van der Waals surface area contributed by atoms with Crippen molar-refractivity contribution in [3.8, 4) is 0 Å². The highest BCUT2D eigenvalue weighted by atomic mass is 16.3. The predicted octanol–water partition coefficient (Wildman–Crippen LogP) is 2.61. The quantitative estimate of drug-likeness (QED) is 0.563. The minimum absolute atomic E-state index is 0.218. The van der Waals surface area contributed by atoms with Gasteiger partial charge in [-0.1, -0.05) is 27.2 Å². The molecule has 66 valence electrons. The Bertz CT molecular complexity index is 121. The van der Waals surface area contributed by atoms with Gasteiger partial charge in [-0.3, -0.25) is 0 Å². The molecule has 0 aliphatic rings. The van der Waals surface area contributed by atoms with Crippen LogP contribution in [-0.2, 0) is 0 Å². The molecular weight excluding hydrogens is 138 g/mol. The molecule has 0 spiro atoms. The minimum atomic E-state index is 0.218. The summed E-state index contributed by atoms with van der Waals surface area (Å²) in [7, 11) is 1.63. The fraction of sp³-hybridized carbons (Fsp3) is 1.00. The van der Waals surface area contributed by atoms with Crippen LogP contribution in [-0.4, -0.2) is 17.8 Å². The summed E-state index contributed by atoms with van der Waals surface area (Å²) in [4.78, 5) is 11.0. The molecule has 0 aliphatic carbocycles. The van der Waals surface area contributed by atoms with Crippen LogP contribution < -0.4 is 0 Å². The van der Waals surface area contributed by atoms with Gasteiger partial charge in [0.05, 0.1) is 0 Å². The van der Waals surface area contributed by atoms with Crippen molar-refractivity contribution in [2.75, 3.05) is 7.05 Å². The van der Waals surface area contributed by atoms with E-state index < -0.39 is 0 Å². The lowest BCUT2D eigenvalue weighted by Crippen LogP contribution is -2.26. The molecule has 0 radical (unpaired) electrons. The normalized spacial score (nSPS) is 13.5. The van der Waals surface area contributed by atoms with Gasteiger partial charge in [-0.25, -0.2) is 0 Å². The van der Waals surface area contributed by atoms with Crippen molar-refractivity contribution >= 4 is 0 Å². The molecule has 0 rings (SSSR count). The third kappa shape index (κ3) is 4.12. The standard InChI is InChI=1S/C9H20NO/c1-5-6-7-9(8(2)3)10(4)11/h8-9H,5-7H2,1-4H3/q+1. The summed E-state index contributed by atoms with van der Waals surface area (Å²) in [6, 6.07) is 0.218. The van der Waals surface area contributed by atoms with Crippen molar-refractivity contribution in [3.05, 3.63) is 4.91 Å². The van der Waals surface area contributed by atoms with Crippen LogP contribution in [0, 0.1) is 10.8 Å². The summed E-state index contributed by atoms with van der Waals surface area (Å²) < 4.78 is 1.10. The smallest absolute Gasteiger partial charge is 0.0654 e. The Balaban J connectivity index is 3.80. The van der Waals surface area contributed by atoms with E-state index in [-0.39, 0.29) is 6.04 Å². The van der Waals surface area contributed by atoms with Gasteiger partial charge in [0, 0.05) is 17.2 Å². The highest BCUT2D eigenvalue weighted by Gasteiger charge is 2.23. The fourth-order valence-corrected chi connectivity index (χ4v) is 1.35. The number of unbranched alkanes of at least 4 members (excludes halogenated alkanes) is 1. The van der Waals surface area contributed by atoms with E-state index >= 15 is 0 Å². The van der Waals surface area contributed by atoms with Gasteiger partial charge in [0.2, 0.25) is 6.04 Å². The van der Waals surface area contributed by atoms with Crippen molar-refractivity contribution in [2.24, 2.45) is 5.92 Å². The van der Waals surface area contributed by atoms with Crippen molar-refractivity contribution in [2.45, 2.75) is 46.1 Å². The molecule has 11 heavy (non-hydrogen) atoms. The third-order valence-electron chi connectivity index (χ3n) is 2.09. The predicted molar refractivity (Wildman–Crippen MR) is 47.7 cm³/mol. The maximum Gasteiger partial charge on any atom is 0.203 e. The maximum absolute atomic E-state index is 11.0. The number of hydrogen-bond acceptors (Lipinski definition) is 1. The molecule has 0 fully saturated rings. The number of nitrogens with zero attached hydrogens (tertiary/aromatic N) is 1. The van der Waals surface area contributed by atoms with Gasteiger partial charge in [0.1, 0.15) is 0 Å². The van der Waals surface area contributed by atoms with E-state index in [4.69, 9.17) is 0 Å². The van der Waals surface area contributed by atoms with Gasteiger partial charge < -0.3 is 0 Å². The molecule has 0 aromatic carbocycles. The first-order chi connectivity index (χ1) is 5.09. The minimum Gasteiger partial charge on any atom is -0.0654 e. The highest BCUT2D eigenvalue weighted by Crippen LogP contribution is 2.12. The zero-order valence-corrected chi connectivity index (χ0v) is 8.13. The van der Waals surface area contributed by atoms with Crippen LogP contribution >= 0.6 is 0 Å². The van der Waals surface area contributed by atoms with Gasteiger partial charge in [0.15, 0.2) is 7.05 Å². The summed E-state index contributed by atoms with van der Waals surface area (Å²) >= 11 is 0. The second kappa shape index (κ2) is 5.28. The van der Waals surface area contributed by atoms with Crippen molar-refractivity contribution < 1.29 is 4.76 Å². The molecule has 2 nitrogen and oxygen atoms in total. The van der Waals surface area contributed by atoms with Gasteiger partial charge in [0.25, 0.3) is 0 Å².